The third kappa shape index (κ3) is 8.11. The Morgan fingerprint density at radius 3 is 2.35 bits per heavy atom. The quantitative estimate of drug-likeness (QED) is 0.203. The minimum Gasteiger partial charge on any atom is -0.497 e. The predicted octanol–water partition coefficient (Wildman–Crippen LogP) is 5.93. The molecule has 0 bridgehead atoms. The van der Waals surface area contributed by atoms with E-state index < -0.39 is 0 Å². The number of methoxy groups -OCH3 is 1. The second-order valence-corrected chi connectivity index (χ2v) is 15.0. The number of aromatic nitrogens is 2. The number of fused-ring (bicyclic) bond motifs is 1. The van der Waals surface area contributed by atoms with Gasteiger partial charge >= 0.3 is 6.03 Å². The van der Waals surface area contributed by atoms with Gasteiger partial charge in [-0.25, -0.2) is 14.8 Å². The van der Waals surface area contributed by atoms with Gasteiger partial charge in [0.1, 0.15) is 5.75 Å². The first-order valence-electron chi connectivity index (χ1n) is 19.1. The Bertz CT molecular complexity index is 1940. The summed E-state index contributed by atoms with van der Waals surface area (Å²) >= 11 is 6.84. The number of carbonyl (C=O) groups is 2. The van der Waals surface area contributed by atoms with Crippen LogP contribution in [-0.2, 0) is 24.3 Å². The molecule has 0 radical (unpaired) electrons. The molecule has 0 spiro atoms. The highest BCUT2D eigenvalue weighted by Gasteiger charge is 2.34. The van der Waals surface area contributed by atoms with E-state index in [0.717, 1.165) is 93.7 Å². The van der Waals surface area contributed by atoms with Crippen LogP contribution < -0.4 is 30.1 Å². The van der Waals surface area contributed by atoms with E-state index in [9.17, 15) is 9.59 Å². The maximum atomic E-state index is 13.5. The molecule has 0 saturated carbocycles. The van der Waals surface area contributed by atoms with Crippen molar-refractivity contribution < 1.29 is 14.3 Å². The molecule has 4 aromatic rings. The molecule has 13 heteroatoms. The van der Waals surface area contributed by atoms with Gasteiger partial charge in [-0.3, -0.25) is 19.5 Å². The average Bonchev–Trinajstić information content (AvgIpc) is 3.21. The van der Waals surface area contributed by atoms with Crippen molar-refractivity contribution in [2.45, 2.75) is 38.8 Å². The number of piperidine rings is 1. The third-order valence-electron chi connectivity index (χ3n) is 11.2. The minimum absolute atomic E-state index is 0.183. The van der Waals surface area contributed by atoms with Crippen LogP contribution in [0.25, 0.3) is 0 Å². The number of ether oxygens (including phenoxy) is 1. The van der Waals surface area contributed by atoms with Gasteiger partial charge in [0.25, 0.3) is 0 Å². The van der Waals surface area contributed by atoms with Crippen molar-refractivity contribution in [2.75, 3.05) is 86.0 Å². The summed E-state index contributed by atoms with van der Waals surface area (Å²) in [5.41, 5.74) is 7.12. The van der Waals surface area contributed by atoms with Crippen molar-refractivity contribution in [1.29, 1.82) is 0 Å². The lowest BCUT2D eigenvalue weighted by Crippen LogP contribution is -2.52. The van der Waals surface area contributed by atoms with Crippen LogP contribution in [0.5, 0.6) is 5.75 Å². The van der Waals surface area contributed by atoms with Crippen LogP contribution in [0.3, 0.4) is 0 Å². The topological polar surface area (TPSA) is 109 Å². The number of carbonyl (C=O) groups excluding carboxylic acids is 2. The summed E-state index contributed by atoms with van der Waals surface area (Å²) in [6.45, 7) is 9.41. The summed E-state index contributed by atoms with van der Waals surface area (Å²) in [6, 6.07) is 21.6. The molecule has 3 aromatic carbocycles. The number of anilines is 5. The molecule has 0 unspecified atom stereocenters. The number of nitrogens with zero attached hydrogens (tertiary/aromatic N) is 7. The van der Waals surface area contributed by atoms with Gasteiger partial charge in [-0.1, -0.05) is 23.7 Å². The molecule has 54 heavy (non-hydrogen) atoms. The normalized spacial score (nSPS) is 18.6. The Morgan fingerprint density at radius 2 is 1.61 bits per heavy atom. The molecular formula is C41H48ClN9O3. The van der Waals surface area contributed by atoms with E-state index in [0.29, 0.717) is 29.1 Å². The largest absolute Gasteiger partial charge is 0.497 e. The number of benzene rings is 3. The van der Waals surface area contributed by atoms with Gasteiger partial charge in [0.15, 0.2) is 0 Å². The summed E-state index contributed by atoms with van der Waals surface area (Å²) in [5, 5.41) is 7.26. The minimum atomic E-state index is -0.350. The van der Waals surface area contributed by atoms with Crippen molar-refractivity contribution in [3.63, 3.8) is 0 Å². The number of hydrogen-bond donors (Lipinski definition) is 2. The molecule has 1 aromatic heterocycles. The standard InChI is InChI=1S/C41H48ClN9O3/c1-54-35-9-2-29(3-10-35)28-51-39(52)15-19-50(41(51)53)38-11-8-34(24-36(38)42)49-22-20-47(21-23-49)27-30-13-17-48(18-14-30)33-6-4-32(5-7-33)45-40-44-25-31-12-16-43-26-37(31)46-40/h2-11,24-25,30,43H,12-23,26-28H2,1H3,(H,44,45,46). The van der Waals surface area contributed by atoms with E-state index in [4.69, 9.17) is 21.3 Å². The van der Waals surface area contributed by atoms with Crippen molar-refractivity contribution in [1.82, 2.24) is 25.1 Å². The van der Waals surface area contributed by atoms with Crippen LogP contribution in [0.15, 0.2) is 72.9 Å². The van der Waals surface area contributed by atoms with Crippen LogP contribution in [0.2, 0.25) is 5.02 Å². The van der Waals surface area contributed by atoms with Crippen molar-refractivity contribution in [3.8, 4) is 5.75 Å². The molecule has 4 aliphatic heterocycles. The summed E-state index contributed by atoms with van der Waals surface area (Å²) in [5.74, 6) is 1.88. The second-order valence-electron chi connectivity index (χ2n) is 14.6. The van der Waals surface area contributed by atoms with E-state index in [2.05, 4.69) is 54.6 Å². The lowest BCUT2D eigenvalue weighted by atomic mass is 9.95. The highest BCUT2D eigenvalue weighted by molar-refractivity contribution is 6.34. The Balaban J connectivity index is 0.792. The maximum Gasteiger partial charge on any atom is 0.331 e. The van der Waals surface area contributed by atoms with E-state index in [1.54, 1.807) is 12.0 Å². The number of urea groups is 1. The molecule has 2 N–H and O–H groups in total. The van der Waals surface area contributed by atoms with Crippen LogP contribution in [0, 0.1) is 5.92 Å². The van der Waals surface area contributed by atoms with Gasteiger partial charge in [-0.2, -0.15) is 0 Å². The maximum absolute atomic E-state index is 13.5. The monoisotopic (exact) mass is 749 g/mol. The summed E-state index contributed by atoms with van der Waals surface area (Å²) in [6.07, 6.45) is 5.55. The van der Waals surface area contributed by atoms with Gasteiger partial charge in [0.05, 0.1) is 30.1 Å². The molecule has 3 fully saturated rings. The Labute approximate surface area is 322 Å². The highest BCUT2D eigenvalue weighted by atomic mass is 35.5. The smallest absolute Gasteiger partial charge is 0.331 e. The van der Waals surface area contributed by atoms with Crippen molar-refractivity contribution in [3.05, 3.63) is 94.8 Å². The van der Waals surface area contributed by atoms with Crippen molar-refractivity contribution >= 4 is 52.2 Å². The molecule has 3 amide bonds. The zero-order valence-electron chi connectivity index (χ0n) is 30.8. The second kappa shape index (κ2) is 16.2. The lowest BCUT2D eigenvalue weighted by Gasteiger charge is -2.40. The number of nitrogens with one attached hydrogen (secondary N) is 2. The van der Waals surface area contributed by atoms with Gasteiger partial charge in [-0.15, -0.1) is 0 Å². The predicted molar refractivity (Wildman–Crippen MR) is 213 cm³/mol. The fourth-order valence-corrected chi connectivity index (χ4v) is 8.28. The Hall–Kier alpha value is -4.91. The first-order valence-corrected chi connectivity index (χ1v) is 19.5. The fourth-order valence-electron chi connectivity index (χ4n) is 8.00. The number of amides is 3. The molecule has 0 aliphatic carbocycles. The van der Waals surface area contributed by atoms with E-state index in [-0.39, 0.29) is 24.9 Å². The SMILES string of the molecule is COc1ccc(CN2C(=O)CCN(c3ccc(N4CCN(CC5CCN(c6ccc(Nc7ncc8c(n7)CNCC8)cc6)CC5)CC4)cc3Cl)C2=O)cc1. The zero-order valence-corrected chi connectivity index (χ0v) is 31.6. The lowest BCUT2D eigenvalue weighted by molar-refractivity contribution is -0.129. The molecule has 282 valence electrons. The van der Waals surface area contributed by atoms with Crippen molar-refractivity contribution in [2.24, 2.45) is 5.92 Å². The number of halogens is 1. The van der Waals surface area contributed by atoms with Gasteiger partial charge in [0, 0.05) is 88.6 Å². The first-order chi connectivity index (χ1) is 26.4. The molecule has 3 saturated heterocycles. The number of hydrogen-bond acceptors (Lipinski definition) is 10. The fraction of sp³-hybridized carbons (Fsp3) is 0.415. The number of rotatable bonds is 10. The number of piperazine rings is 1. The highest BCUT2D eigenvalue weighted by Crippen LogP contribution is 2.34. The first kappa shape index (κ1) is 36.1. The molecule has 8 rings (SSSR count). The molecular weight excluding hydrogens is 702 g/mol. The number of imide groups is 1. The third-order valence-corrected chi connectivity index (χ3v) is 11.5. The van der Waals surface area contributed by atoms with E-state index in [1.165, 1.54) is 29.0 Å². The van der Waals surface area contributed by atoms with Crippen LogP contribution in [-0.4, -0.2) is 97.7 Å². The average molecular weight is 750 g/mol. The summed E-state index contributed by atoms with van der Waals surface area (Å²) < 4.78 is 5.24. The zero-order chi connectivity index (χ0) is 37.0. The molecule has 4 aliphatic rings. The van der Waals surface area contributed by atoms with Crippen LogP contribution in [0.4, 0.5) is 33.5 Å². The van der Waals surface area contributed by atoms with Gasteiger partial charge < -0.3 is 25.2 Å². The summed E-state index contributed by atoms with van der Waals surface area (Å²) in [4.78, 5) is 45.9. The molecule has 0 atom stereocenters. The Kier molecular flexibility index (Phi) is 10.8. The van der Waals surface area contributed by atoms with Gasteiger partial charge in [0.2, 0.25) is 11.9 Å². The van der Waals surface area contributed by atoms with E-state index in [1.807, 2.05) is 48.7 Å². The summed E-state index contributed by atoms with van der Waals surface area (Å²) in [7, 11) is 1.61. The molecule has 12 nitrogen and oxygen atoms in total. The van der Waals surface area contributed by atoms with Crippen LogP contribution in [0.1, 0.15) is 36.1 Å². The Morgan fingerprint density at radius 1 is 0.870 bits per heavy atom. The molecule has 5 heterocycles. The van der Waals surface area contributed by atoms with E-state index >= 15 is 0 Å². The van der Waals surface area contributed by atoms with Gasteiger partial charge in [-0.05, 0) is 97.4 Å². The van der Waals surface area contributed by atoms with Crippen LogP contribution >= 0.6 is 11.6 Å².